The summed E-state index contributed by atoms with van der Waals surface area (Å²) in [5.74, 6) is -1.98. The van der Waals surface area contributed by atoms with Crippen LogP contribution >= 0.6 is 11.3 Å². The van der Waals surface area contributed by atoms with Gasteiger partial charge in [0.05, 0.1) is 12.2 Å². The average molecular weight is 373 g/mol. The Morgan fingerprint density at radius 2 is 2.12 bits per heavy atom. The molecule has 0 saturated heterocycles. The van der Waals surface area contributed by atoms with Gasteiger partial charge in [0.1, 0.15) is 0 Å². The molecule has 0 aliphatic heterocycles. The lowest BCUT2D eigenvalue weighted by atomic mass is 10.2. The third-order valence-electron chi connectivity index (χ3n) is 4.60. The molecule has 0 N–H and O–H groups in total. The molecule has 7 heteroatoms. The van der Waals surface area contributed by atoms with Gasteiger partial charge < -0.3 is 4.90 Å². The van der Waals surface area contributed by atoms with Crippen LogP contribution in [0.5, 0.6) is 0 Å². The first kappa shape index (κ1) is 16.9. The second kappa shape index (κ2) is 6.64. The monoisotopic (exact) mass is 373 g/mol. The Hall–Kier alpha value is -2.54. The van der Waals surface area contributed by atoms with Crippen molar-refractivity contribution in [2.45, 2.75) is 25.8 Å². The maximum Gasteiger partial charge on any atom is 0.274 e. The van der Waals surface area contributed by atoms with E-state index in [1.54, 1.807) is 28.0 Å². The first-order chi connectivity index (χ1) is 12.5. The molecule has 0 unspecified atom stereocenters. The van der Waals surface area contributed by atoms with Crippen molar-refractivity contribution in [3.63, 3.8) is 0 Å². The van der Waals surface area contributed by atoms with Gasteiger partial charge in [0, 0.05) is 29.2 Å². The van der Waals surface area contributed by atoms with Crippen molar-refractivity contribution in [3.8, 4) is 5.69 Å². The van der Waals surface area contributed by atoms with E-state index in [4.69, 9.17) is 0 Å². The molecule has 1 aromatic carbocycles. The van der Waals surface area contributed by atoms with Crippen LogP contribution in [-0.4, -0.2) is 27.6 Å². The van der Waals surface area contributed by atoms with Gasteiger partial charge in [-0.3, -0.25) is 4.79 Å². The summed E-state index contributed by atoms with van der Waals surface area (Å²) >= 11 is 1.60. The number of nitrogens with zero attached hydrogens (tertiary/aromatic N) is 3. The summed E-state index contributed by atoms with van der Waals surface area (Å²) in [6, 6.07) is 7.61. The van der Waals surface area contributed by atoms with E-state index in [2.05, 4.69) is 5.10 Å². The molecule has 2 heterocycles. The lowest BCUT2D eigenvalue weighted by molar-refractivity contribution is 0.0779. The molecule has 0 atom stereocenters. The summed E-state index contributed by atoms with van der Waals surface area (Å²) in [6.07, 6.45) is 2.46. The van der Waals surface area contributed by atoms with Gasteiger partial charge in [-0.15, -0.1) is 11.3 Å². The van der Waals surface area contributed by atoms with Crippen molar-refractivity contribution in [2.24, 2.45) is 0 Å². The van der Waals surface area contributed by atoms with Gasteiger partial charge in [-0.05, 0) is 42.8 Å². The van der Waals surface area contributed by atoms with Crippen LogP contribution in [-0.2, 0) is 19.4 Å². The smallest absolute Gasteiger partial charge is 0.274 e. The molecule has 2 aromatic heterocycles. The number of thiophene rings is 1. The predicted octanol–water partition coefficient (Wildman–Crippen LogP) is 3.97. The summed E-state index contributed by atoms with van der Waals surface area (Å²) in [6.45, 7) is 0.517. The summed E-state index contributed by atoms with van der Waals surface area (Å²) in [5, 5.41) is 6.44. The van der Waals surface area contributed by atoms with Crippen LogP contribution in [0.3, 0.4) is 0 Å². The van der Waals surface area contributed by atoms with Crippen molar-refractivity contribution in [2.75, 3.05) is 7.05 Å². The molecule has 0 spiro atoms. The van der Waals surface area contributed by atoms with Gasteiger partial charge >= 0.3 is 0 Å². The Labute approximate surface area is 153 Å². The molecule has 0 saturated carbocycles. The highest BCUT2D eigenvalue weighted by molar-refractivity contribution is 7.09. The third kappa shape index (κ3) is 2.92. The molecule has 1 aliphatic rings. The van der Waals surface area contributed by atoms with Crippen molar-refractivity contribution in [1.29, 1.82) is 0 Å². The number of benzene rings is 1. The maximum atomic E-state index is 13.6. The highest BCUT2D eigenvalue weighted by Crippen LogP contribution is 2.29. The van der Waals surface area contributed by atoms with E-state index in [9.17, 15) is 13.6 Å². The van der Waals surface area contributed by atoms with Crippen molar-refractivity contribution in [3.05, 3.63) is 69.2 Å². The molecule has 0 bridgehead atoms. The van der Waals surface area contributed by atoms with E-state index in [0.717, 1.165) is 47.5 Å². The van der Waals surface area contributed by atoms with E-state index in [0.29, 0.717) is 17.9 Å². The SMILES string of the molecule is CN(Cc1cccs1)C(=O)c1nn(-c2ccc(F)c(F)c2)c2c1CCC2. The minimum absolute atomic E-state index is 0.155. The fraction of sp³-hybridized carbons (Fsp3) is 0.263. The number of aromatic nitrogens is 2. The molecule has 4 rings (SSSR count). The van der Waals surface area contributed by atoms with E-state index < -0.39 is 11.6 Å². The highest BCUT2D eigenvalue weighted by Gasteiger charge is 2.28. The molecule has 4 nitrogen and oxygen atoms in total. The zero-order chi connectivity index (χ0) is 18.3. The lowest BCUT2D eigenvalue weighted by Crippen LogP contribution is -2.27. The van der Waals surface area contributed by atoms with Gasteiger partial charge in [0.2, 0.25) is 0 Å². The standard InChI is InChI=1S/C19H17F2N3OS/c1-23(11-13-4-3-9-26-13)19(25)18-14-5-2-6-17(14)24(22-18)12-7-8-15(20)16(21)10-12/h3-4,7-10H,2,5-6,11H2,1H3. The van der Waals surface area contributed by atoms with Crippen LogP contribution in [0.15, 0.2) is 35.7 Å². The predicted molar refractivity (Wildman–Crippen MR) is 95.6 cm³/mol. The molecule has 1 amide bonds. The Balaban J connectivity index is 1.69. The zero-order valence-corrected chi connectivity index (χ0v) is 15.0. The second-order valence-corrected chi connectivity index (χ2v) is 7.41. The average Bonchev–Trinajstić information content (AvgIpc) is 3.34. The van der Waals surface area contributed by atoms with Crippen LogP contribution in [0.1, 0.15) is 33.0 Å². The Morgan fingerprint density at radius 1 is 1.27 bits per heavy atom. The summed E-state index contributed by atoms with van der Waals surface area (Å²) in [4.78, 5) is 15.7. The molecule has 0 radical (unpaired) electrons. The van der Waals surface area contributed by atoms with Crippen LogP contribution in [0.2, 0.25) is 0 Å². The topological polar surface area (TPSA) is 38.1 Å². The Morgan fingerprint density at radius 3 is 2.85 bits per heavy atom. The highest BCUT2D eigenvalue weighted by atomic mass is 32.1. The van der Waals surface area contributed by atoms with E-state index in [1.807, 2.05) is 17.5 Å². The summed E-state index contributed by atoms with van der Waals surface area (Å²) in [7, 11) is 1.75. The number of hydrogen-bond acceptors (Lipinski definition) is 3. The quantitative estimate of drug-likeness (QED) is 0.694. The van der Waals surface area contributed by atoms with Gasteiger partial charge in [0.25, 0.3) is 5.91 Å². The first-order valence-electron chi connectivity index (χ1n) is 8.38. The fourth-order valence-electron chi connectivity index (χ4n) is 3.33. The van der Waals surface area contributed by atoms with Crippen molar-refractivity contribution < 1.29 is 13.6 Å². The minimum atomic E-state index is -0.924. The molecule has 3 aromatic rings. The summed E-state index contributed by atoms with van der Waals surface area (Å²) < 4.78 is 28.5. The van der Waals surface area contributed by atoms with Crippen LogP contribution in [0, 0.1) is 11.6 Å². The van der Waals surface area contributed by atoms with Crippen LogP contribution in [0.4, 0.5) is 8.78 Å². The largest absolute Gasteiger partial charge is 0.335 e. The van der Waals surface area contributed by atoms with Gasteiger partial charge in [-0.25, -0.2) is 13.5 Å². The molecule has 0 fully saturated rings. The van der Waals surface area contributed by atoms with Crippen molar-refractivity contribution in [1.82, 2.24) is 14.7 Å². The second-order valence-electron chi connectivity index (χ2n) is 6.38. The minimum Gasteiger partial charge on any atom is -0.335 e. The van der Waals surface area contributed by atoms with Crippen molar-refractivity contribution >= 4 is 17.2 Å². The van der Waals surface area contributed by atoms with Gasteiger partial charge in [-0.1, -0.05) is 6.07 Å². The van der Waals surface area contributed by atoms with E-state index in [-0.39, 0.29) is 5.91 Å². The molecule has 1 aliphatic carbocycles. The third-order valence-corrected chi connectivity index (χ3v) is 5.46. The molecule has 134 valence electrons. The lowest BCUT2D eigenvalue weighted by Gasteiger charge is -2.15. The summed E-state index contributed by atoms with van der Waals surface area (Å²) in [5.41, 5.74) is 2.66. The number of rotatable bonds is 4. The van der Waals surface area contributed by atoms with Crippen LogP contribution in [0.25, 0.3) is 5.69 Å². The van der Waals surface area contributed by atoms with Gasteiger partial charge in [-0.2, -0.15) is 5.10 Å². The number of halogens is 2. The number of fused-ring (bicyclic) bond motifs is 1. The van der Waals surface area contributed by atoms with E-state index in [1.165, 1.54) is 6.07 Å². The first-order valence-corrected chi connectivity index (χ1v) is 9.26. The number of carbonyl (C=O) groups is 1. The molecule has 26 heavy (non-hydrogen) atoms. The van der Waals surface area contributed by atoms with E-state index >= 15 is 0 Å². The molecular weight excluding hydrogens is 356 g/mol. The normalized spacial score (nSPS) is 13.0. The fourth-order valence-corrected chi connectivity index (χ4v) is 4.09. The molecular formula is C19H17F2N3OS. The Kier molecular flexibility index (Phi) is 4.32. The van der Waals surface area contributed by atoms with Gasteiger partial charge in [0.15, 0.2) is 17.3 Å². The van der Waals surface area contributed by atoms with Crippen LogP contribution < -0.4 is 0 Å². The number of carbonyl (C=O) groups excluding carboxylic acids is 1. The Bertz CT molecular complexity index is 966. The number of hydrogen-bond donors (Lipinski definition) is 0. The maximum absolute atomic E-state index is 13.6. The number of amides is 1. The zero-order valence-electron chi connectivity index (χ0n) is 14.2.